The molecule has 102 valence electrons. The van der Waals surface area contributed by atoms with Crippen molar-refractivity contribution in [2.45, 2.75) is 65.7 Å². The molecule has 1 aromatic carbocycles. The Labute approximate surface area is 112 Å². The molecule has 0 aromatic heterocycles. The van der Waals surface area contributed by atoms with Crippen LogP contribution in [0.5, 0.6) is 5.75 Å². The second-order valence-corrected chi connectivity index (χ2v) is 6.22. The van der Waals surface area contributed by atoms with Crippen LogP contribution in [0.3, 0.4) is 0 Å². The van der Waals surface area contributed by atoms with Crippen LogP contribution in [0.15, 0.2) is 18.2 Å². The number of aryl methyl sites for hydroxylation is 1. The van der Waals surface area contributed by atoms with E-state index in [1.165, 1.54) is 18.4 Å². The Morgan fingerprint density at radius 1 is 1.28 bits per heavy atom. The maximum atomic E-state index is 10.1. The molecular weight excluding hydrogens is 220 g/mol. The van der Waals surface area contributed by atoms with E-state index < -0.39 is 0 Å². The van der Waals surface area contributed by atoms with Crippen molar-refractivity contribution in [3.05, 3.63) is 29.3 Å². The fraction of sp³-hybridized carbons (Fsp3) is 0.647. The van der Waals surface area contributed by atoms with Gasteiger partial charge in [-0.1, -0.05) is 58.2 Å². The first-order valence-corrected chi connectivity index (χ1v) is 7.19. The Bertz CT molecular complexity index is 381. The third-order valence-corrected chi connectivity index (χ3v) is 4.09. The predicted molar refractivity (Wildman–Crippen MR) is 79.2 cm³/mol. The number of phenols is 1. The number of hydrogen-bond donors (Lipinski definition) is 1. The van der Waals surface area contributed by atoms with Gasteiger partial charge in [0.25, 0.3) is 0 Å². The van der Waals surface area contributed by atoms with Crippen molar-refractivity contribution >= 4 is 0 Å². The van der Waals surface area contributed by atoms with Gasteiger partial charge in [-0.15, -0.1) is 0 Å². The molecule has 0 heterocycles. The van der Waals surface area contributed by atoms with Gasteiger partial charge >= 0.3 is 0 Å². The van der Waals surface area contributed by atoms with Crippen molar-refractivity contribution in [2.24, 2.45) is 5.92 Å². The molecule has 1 heteroatoms. The molecule has 18 heavy (non-hydrogen) atoms. The van der Waals surface area contributed by atoms with Gasteiger partial charge in [0.1, 0.15) is 5.75 Å². The first kappa shape index (κ1) is 15.1. The second kappa shape index (κ2) is 6.26. The van der Waals surface area contributed by atoms with Crippen molar-refractivity contribution in [3.8, 4) is 5.75 Å². The summed E-state index contributed by atoms with van der Waals surface area (Å²) in [6.45, 7) is 11.1. The molecule has 0 amide bonds. The zero-order valence-electron chi connectivity index (χ0n) is 12.6. The second-order valence-electron chi connectivity index (χ2n) is 6.22. The lowest BCUT2D eigenvalue weighted by Crippen LogP contribution is -2.21. The quantitative estimate of drug-likeness (QED) is 0.734. The molecule has 0 aliphatic carbocycles. The predicted octanol–water partition coefficient (Wildman–Crippen LogP) is 5.19. The summed E-state index contributed by atoms with van der Waals surface area (Å²) in [6, 6.07) is 5.96. The summed E-state index contributed by atoms with van der Waals surface area (Å²) in [5.74, 6) is 1.21. The average Bonchev–Trinajstić information content (AvgIpc) is 2.31. The minimum absolute atomic E-state index is 0.102. The van der Waals surface area contributed by atoms with Crippen LogP contribution in [0.4, 0.5) is 0 Å². The molecule has 0 fully saturated rings. The largest absolute Gasteiger partial charge is 0.508 e. The molecule has 1 rings (SSSR count). The standard InChI is InChI=1S/C17H28O/c1-6-17(5,11-7-8-13(2)3)15-12-14(4)9-10-16(15)18/h9-10,12-13,18H,6-8,11H2,1-5H3. The molecule has 0 aliphatic heterocycles. The third-order valence-electron chi connectivity index (χ3n) is 4.09. The van der Waals surface area contributed by atoms with E-state index >= 15 is 0 Å². The molecule has 1 nitrogen and oxygen atoms in total. The lowest BCUT2D eigenvalue weighted by atomic mass is 9.75. The Morgan fingerprint density at radius 2 is 1.94 bits per heavy atom. The highest BCUT2D eigenvalue weighted by Crippen LogP contribution is 2.38. The molecule has 1 aromatic rings. The van der Waals surface area contributed by atoms with Crippen LogP contribution in [0.25, 0.3) is 0 Å². The molecular formula is C17H28O. The molecule has 0 saturated carbocycles. The third kappa shape index (κ3) is 3.76. The van der Waals surface area contributed by atoms with Crippen LogP contribution in [-0.2, 0) is 5.41 Å². The lowest BCUT2D eigenvalue weighted by molar-refractivity contribution is 0.362. The van der Waals surface area contributed by atoms with E-state index in [0.717, 1.165) is 24.3 Å². The molecule has 0 spiro atoms. The summed E-state index contributed by atoms with van der Waals surface area (Å²) in [7, 11) is 0. The first-order chi connectivity index (χ1) is 8.39. The van der Waals surface area contributed by atoms with Crippen LogP contribution in [0.2, 0.25) is 0 Å². The minimum atomic E-state index is 0.102. The maximum Gasteiger partial charge on any atom is 0.119 e. The van der Waals surface area contributed by atoms with Crippen molar-refractivity contribution in [3.63, 3.8) is 0 Å². The molecule has 1 atom stereocenters. The van der Waals surface area contributed by atoms with Crippen molar-refractivity contribution < 1.29 is 5.11 Å². The molecule has 1 unspecified atom stereocenters. The van der Waals surface area contributed by atoms with E-state index in [4.69, 9.17) is 0 Å². The fourth-order valence-corrected chi connectivity index (χ4v) is 2.54. The van der Waals surface area contributed by atoms with Gasteiger partial charge in [0.2, 0.25) is 0 Å². The smallest absolute Gasteiger partial charge is 0.119 e. The van der Waals surface area contributed by atoms with Gasteiger partial charge in [-0.3, -0.25) is 0 Å². The van der Waals surface area contributed by atoms with Gasteiger partial charge in [0.05, 0.1) is 0 Å². The summed E-state index contributed by atoms with van der Waals surface area (Å²) in [5.41, 5.74) is 2.45. The summed E-state index contributed by atoms with van der Waals surface area (Å²) in [6.07, 6.45) is 4.72. The highest BCUT2D eigenvalue weighted by molar-refractivity contribution is 5.40. The topological polar surface area (TPSA) is 20.2 Å². The molecule has 1 N–H and O–H groups in total. The Kier molecular flexibility index (Phi) is 5.25. The maximum absolute atomic E-state index is 10.1. The zero-order valence-corrected chi connectivity index (χ0v) is 12.6. The summed E-state index contributed by atoms with van der Waals surface area (Å²) < 4.78 is 0. The minimum Gasteiger partial charge on any atom is -0.508 e. The summed E-state index contributed by atoms with van der Waals surface area (Å²) in [4.78, 5) is 0. The van der Waals surface area contributed by atoms with E-state index in [0.29, 0.717) is 5.75 Å². The van der Waals surface area contributed by atoms with E-state index in [-0.39, 0.29) is 5.41 Å². The van der Waals surface area contributed by atoms with Gasteiger partial charge in [0, 0.05) is 5.56 Å². The van der Waals surface area contributed by atoms with Crippen LogP contribution in [0, 0.1) is 12.8 Å². The van der Waals surface area contributed by atoms with Gasteiger partial charge in [-0.2, -0.15) is 0 Å². The number of aromatic hydroxyl groups is 1. The zero-order chi connectivity index (χ0) is 13.8. The monoisotopic (exact) mass is 248 g/mol. The highest BCUT2D eigenvalue weighted by atomic mass is 16.3. The Hall–Kier alpha value is -0.980. The van der Waals surface area contributed by atoms with Crippen molar-refractivity contribution in [2.75, 3.05) is 0 Å². The van der Waals surface area contributed by atoms with Crippen LogP contribution in [0.1, 0.15) is 64.5 Å². The van der Waals surface area contributed by atoms with Crippen LogP contribution in [-0.4, -0.2) is 5.11 Å². The van der Waals surface area contributed by atoms with E-state index in [9.17, 15) is 5.11 Å². The number of hydrogen-bond acceptors (Lipinski definition) is 1. The van der Waals surface area contributed by atoms with E-state index in [1.807, 2.05) is 12.1 Å². The number of benzene rings is 1. The highest BCUT2D eigenvalue weighted by Gasteiger charge is 2.27. The normalized spacial score (nSPS) is 14.8. The van der Waals surface area contributed by atoms with Gasteiger partial charge < -0.3 is 5.11 Å². The fourth-order valence-electron chi connectivity index (χ4n) is 2.54. The van der Waals surface area contributed by atoms with Crippen LogP contribution >= 0.6 is 0 Å². The van der Waals surface area contributed by atoms with Gasteiger partial charge in [0.15, 0.2) is 0 Å². The van der Waals surface area contributed by atoms with E-state index in [1.54, 1.807) is 0 Å². The van der Waals surface area contributed by atoms with Gasteiger partial charge in [-0.05, 0) is 37.2 Å². The lowest BCUT2D eigenvalue weighted by Gasteiger charge is -2.30. The number of phenolic OH excluding ortho intramolecular Hbond substituents is 1. The SMILES string of the molecule is CCC(C)(CCCC(C)C)c1cc(C)ccc1O. The molecule has 0 bridgehead atoms. The Balaban J connectivity index is 2.88. The summed E-state index contributed by atoms with van der Waals surface area (Å²) in [5, 5.41) is 10.1. The summed E-state index contributed by atoms with van der Waals surface area (Å²) >= 11 is 0. The molecule has 0 radical (unpaired) electrons. The van der Waals surface area contributed by atoms with Crippen LogP contribution < -0.4 is 0 Å². The first-order valence-electron chi connectivity index (χ1n) is 7.19. The van der Waals surface area contributed by atoms with Crippen molar-refractivity contribution in [1.82, 2.24) is 0 Å². The Morgan fingerprint density at radius 3 is 2.50 bits per heavy atom. The van der Waals surface area contributed by atoms with Crippen molar-refractivity contribution in [1.29, 1.82) is 0 Å². The molecule has 0 saturated heterocycles. The molecule has 0 aliphatic rings. The number of rotatable bonds is 6. The van der Waals surface area contributed by atoms with E-state index in [2.05, 4.69) is 40.7 Å². The van der Waals surface area contributed by atoms with Gasteiger partial charge in [-0.25, -0.2) is 0 Å². The average molecular weight is 248 g/mol.